The normalized spacial score (nSPS) is 19.7. The zero-order valence-electron chi connectivity index (χ0n) is 16.7. The highest BCUT2D eigenvalue weighted by molar-refractivity contribution is 6.16. The number of carbonyl (C=O) groups is 2. The van der Waals surface area contributed by atoms with Gasteiger partial charge in [-0.1, -0.05) is 42.5 Å². The van der Waals surface area contributed by atoms with Gasteiger partial charge in [0.15, 0.2) is 0 Å². The van der Waals surface area contributed by atoms with Gasteiger partial charge in [0.25, 0.3) is 17.5 Å². The summed E-state index contributed by atoms with van der Waals surface area (Å²) in [7, 11) is 0. The van der Waals surface area contributed by atoms with Crippen molar-refractivity contribution in [1.82, 2.24) is 0 Å². The standard InChI is InChI=1S/C25H20N2O4/c1-2-15-26-22-12-6-4-10-20(22)25(24(26)29)27(21-11-5-3-8-18(21)17-31-25)23(28)14-13-19-9-7-16-30-19/h2-14,16H,1,15,17H2/b14-13+. The summed E-state index contributed by atoms with van der Waals surface area (Å²) >= 11 is 0. The van der Waals surface area contributed by atoms with Crippen molar-refractivity contribution in [2.75, 3.05) is 16.3 Å². The molecule has 0 N–H and O–H groups in total. The fraction of sp³-hybridized carbons (Fsp3) is 0.120. The number of hydrogen-bond donors (Lipinski definition) is 0. The van der Waals surface area contributed by atoms with Gasteiger partial charge in [0.1, 0.15) is 5.76 Å². The molecule has 0 saturated heterocycles. The van der Waals surface area contributed by atoms with E-state index in [1.807, 2.05) is 48.5 Å². The smallest absolute Gasteiger partial charge is 0.286 e. The molecule has 2 aliphatic rings. The third kappa shape index (κ3) is 2.84. The van der Waals surface area contributed by atoms with Crippen molar-refractivity contribution >= 4 is 29.3 Å². The summed E-state index contributed by atoms with van der Waals surface area (Å²) < 4.78 is 11.6. The maximum atomic E-state index is 13.8. The molecule has 1 aromatic heterocycles. The molecule has 5 rings (SSSR count). The number of ether oxygens (including phenoxy) is 1. The van der Waals surface area contributed by atoms with Gasteiger partial charge >= 0.3 is 0 Å². The lowest BCUT2D eigenvalue weighted by molar-refractivity contribution is -0.151. The molecule has 31 heavy (non-hydrogen) atoms. The first-order valence-electron chi connectivity index (χ1n) is 9.97. The molecule has 0 aliphatic carbocycles. The van der Waals surface area contributed by atoms with E-state index in [9.17, 15) is 9.59 Å². The molecular weight excluding hydrogens is 392 g/mol. The summed E-state index contributed by atoms with van der Waals surface area (Å²) in [6.45, 7) is 4.30. The van der Waals surface area contributed by atoms with Crippen molar-refractivity contribution < 1.29 is 18.7 Å². The van der Waals surface area contributed by atoms with Crippen LogP contribution >= 0.6 is 0 Å². The van der Waals surface area contributed by atoms with Crippen molar-refractivity contribution in [2.24, 2.45) is 0 Å². The lowest BCUT2D eigenvalue weighted by Crippen LogP contribution is -2.59. The molecule has 6 nitrogen and oxygen atoms in total. The van der Waals surface area contributed by atoms with Crippen LogP contribution in [0.4, 0.5) is 11.4 Å². The minimum atomic E-state index is -1.58. The molecule has 0 bridgehead atoms. The monoisotopic (exact) mass is 412 g/mol. The first-order chi connectivity index (χ1) is 15.2. The van der Waals surface area contributed by atoms with Gasteiger partial charge in [0.05, 0.1) is 24.2 Å². The largest absolute Gasteiger partial charge is 0.465 e. The molecule has 154 valence electrons. The number of fused-ring (bicyclic) bond motifs is 3. The first-order valence-corrected chi connectivity index (χ1v) is 9.97. The van der Waals surface area contributed by atoms with Crippen LogP contribution in [-0.2, 0) is 26.7 Å². The number of furan rings is 1. The predicted octanol–water partition coefficient (Wildman–Crippen LogP) is 4.24. The van der Waals surface area contributed by atoms with E-state index in [4.69, 9.17) is 9.15 Å². The molecule has 1 spiro atoms. The van der Waals surface area contributed by atoms with Crippen molar-refractivity contribution in [1.29, 1.82) is 0 Å². The average molecular weight is 412 g/mol. The molecule has 2 aromatic carbocycles. The molecule has 3 heterocycles. The fourth-order valence-corrected chi connectivity index (χ4v) is 4.22. The summed E-state index contributed by atoms with van der Waals surface area (Å²) in [6, 6.07) is 18.4. The Bertz CT molecular complexity index is 1200. The van der Waals surface area contributed by atoms with Crippen LogP contribution < -0.4 is 9.80 Å². The fourth-order valence-electron chi connectivity index (χ4n) is 4.22. The summed E-state index contributed by atoms with van der Waals surface area (Å²) in [5, 5.41) is 0. The van der Waals surface area contributed by atoms with Gasteiger partial charge in [-0.15, -0.1) is 6.58 Å². The average Bonchev–Trinajstić information content (AvgIpc) is 3.40. The molecule has 0 radical (unpaired) electrons. The molecule has 1 unspecified atom stereocenters. The SMILES string of the molecule is C=CCN1C(=O)C2(OCc3ccccc3N2C(=O)/C=C/c2ccco2)c2ccccc21. The minimum Gasteiger partial charge on any atom is -0.465 e. The maximum Gasteiger partial charge on any atom is 0.286 e. The van der Waals surface area contributed by atoms with Gasteiger partial charge in [-0.2, -0.15) is 0 Å². The summed E-state index contributed by atoms with van der Waals surface area (Å²) in [5.41, 5.74) is 1.24. The van der Waals surface area contributed by atoms with E-state index >= 15 is 0 Å². The molecular formula is C25H20N2O4. The van der Waals surface area contributed by atoms with Crippen molar-refractivity contribution in [3.05, 3.63) is 103 Å². The number of nitrogens with zero attached hydrogens (tertiary/aromatic N) is 2. The summed E-state index contributed by atoms with van der Waals surface area (Å²) in [5.74, 6) is -0.157. The second-order valence-electron chi connectivity index (χ2n) is 7.31. The molecule has 0 saturated carbocycles. The Morgan fingerprint density at radius 2 is 1.84 bits per heavy atom. The second kappa shape index (κ2) is 7.41. The number of benzene rings is 2. The van der Waals surface area contributed by atoms with Crippen LogP contribution in [0.3, 0.4) is 0 Å². The Labute approximate surface area is 179 Å². The summed E-state index contributed by atoms with van der Waals surface area (Å²) in [6.07, 6.45) is 6.18. The van der Waals surface area contributed by atoms with Crippen LogP contribution in [0.1, 0.15) is 16.9 Å². The molecule has 1 atom stereocenters. The Morgan fingerprint density at radius 3 is 2.61 bits per heavy atom. The van der Waals surface area contributed by atoms with E-state index in [0.29, 0.717) is 29.2 Å². The van der Waals surface area contributed by atoms with Gasteiger partial charge in [-0.25, -0.2) is 0 Å². The molecule has 6 heteroatoms. The van der Waals surface area contributed by atoms with Crippen LogP contribution in [0.5, 0.6) is 0 Å². The quantitative estimate of drug-likeness (QED) is 0.475. The highest BCUT2D eigenvalue weighted by atomic mass is 16.5. The van der Waals surface area contributed by atoms with Gasteiger partial charge in [-0.05, 0) is 30.3 Å². The van der Waals surface area contributed by atoms with Crippen molar-refractivity contribution in [3.8, 4) is 0 Å². The van der Waals surface area contributed by atoms with Crippen LogP contribution in [0, 0.1) is 0 Å². The number of para-hydroxylation sites is 2. The minimum absolute atomic E-state index is 0.212. The van der Waals surface area contributed by atoms with Gasteiger partial charge in [0.2, 0.25) is 0 Å². The third-order valence-electron chi connectivity index (χ3n) is 5.54. The Balaban J connectivity index is 1.69. The van der Waals surface area contributed by atoms with Crippen LogP contribution in [0.25, 0.3) is 6.08 Å². The van der Waals surface area contributed by atoms with Crippen LogP contribution in [0.15, 0.2) is 90.1 Å². The number of carbonyl (C=O) groups excluding carboxylic acids is 2. The van der Waals surface area contributed by atoms with Crippen LogP contribution in [0.2, 0.25) is 0 Å². The second-order valence-corrected chi connectivity index (χ2v) is 7.31. The number of anilines is 2. The zero-order chi connectivity index (χ0) is 21.4. The lowest BCUT2D eigenvalue weighted by atomic mass is 9.97. The van der Waals surface area contributed by atoms with E-state index in [1.54, 1.807) is 29.2 Å². The Kier molecular flexibility index (Phi) is 4.56. The number of hydrogen-bond acceptors (Lipinski definition) is 4. The highest BCUT2D eigenvalue weighted by Gasteiger charge is 2.59. The van der Waals surface area contributed by atoms with Gasteiger partial charge < -0.3 is 14.1 Å². The predicted molar refractivity (Wildman–Crippen MR) is 117 cm³/mol. The lowest BCUT2D eigenvalue weighted by Gasteiger charge is -2.43. The first kappa shape index (κ1) is 19.1. The van der Waals surface area contributed by atoms with E-state index in [1.165, 1.54) is 17.2 Å². The highest BCUT2D eigenvalue weighted by Crippen LogP contribution is 2.50. The van der Waals surface area contributed by atoms with E-state index in [2.05, 4.69) is 6.58 Å². The third-order valence-corrected chi connectivity index (χ3v) is 5.54. The molecule has 0 fully saturated rings. The molecule has 2 amide bonds. The molecule has 2 aliphatic heterocycles. The van der Waals surface area contributed by atoms with Gasteiger partial charge in [-0.3, -0.25) is 14.5 Å². The van der Waals surface area contributed by atoms with E-state index in [0.717, 1.165) is 5.56 Å². The Hall–Kier alpha value is -3.90. The summed E-state index contributed by atoms with van der Waals surface area (Å²) in [4.78, 5) is 30.4. The van der Waals surface area contributed by atoms with Crippen molar-refractivity contribution in [2.45, 2.75) is 12.3 Å². The number of rotatable bonds is 4. The van der Waals surface area contributed by atoms with Gasteiger partial charge in [0, 0.05) is 23.7 Å². The van der Waals surface area contributed by atoms with Crippen LogP contribution in [-0.4, -0.2) is 18.4 Å². The zero-order valence-corrected chi connectivity index (χ0v) is 16.7. The van der Waals surface area contributed by atoms with E-state index < -0.39 is 5.72 Å². The topological polar surface area (TPSA) is 63.0 Å². The van der Waals surface area contributed by atoms with Crippen molar-refractivity contribution in [3.63, 3.8) is 0 Å². The maximum absolute atomic E-state index is 13.8. The number of amides is 2. The molecule has 3 aromatic rings. The Morgan fingerprint density at radius 1 is 1.06 bits per heavy atom. The van der Waals surface area contributed by atoms with E-state index in [-0.39, 0.29) is 18.4 Å².